The number of nitrogens with zero attached hydrogens (tertiary/aromatic N) is 4. The predicted molar refractivity (Wildman–Crippen MR) is 92.4 cm³/mol. The Morgan fingerprint density at radius 3 is 2.67 bits per heavy atom. The fourth-order valence-electron chi connectivity index (χ4n) is 2.53. The largest absolute Gasteiger partial charge is 0.497 e. The predicted octanol–water partition coefficient (Wildman–Crippen LogP) is 2.33. The SMILES string of the molecule is COc1ccc(CCNc2n[nH]c(Cn3nc(C)cc3C)n2)cc1. The van der Waals surface area contributed by atoms with Gasteiger partial charge < -0.3 is 10.1 Å². The van der Waals surface area contributed by atoms with Crippen molar-refractivity contribution in [3.63, 3.8) is 0 Å². The minimum atomic E-state index is 0.590. The fourth-order valence-corrected chi connectivity index (χ4v) is 2.53. The van der Waals surface area contributed by atoms with Crippen molar-refractivity contribution in [2.75, 3.05) is 19.0 Å². The van der Waals surface area contributed by atoms with E-state index in [4.69, 9.17) is 4.74 Å². The molecular weight excluding hydrogens is 304 g/mol. The van der Waals surface area contributed by atoms with Crippen LogP contribution in [0.4, 0.5) is 5.95 Å². The zero-order chi connectivity index (χ0) is 16.9. The summed E-state index contributed by atoms with van der Waals surface area (Å²) < 4.78 is 7.07. The molecular formula is C17H22N6O. The second kappa shape index (κ2) is 7.16. The Kier molecular flexibility index (Phi) is 4.79. The Morgan fingerprint density at radius 2 is 2.00 bits per heavy atom. The van der Waals surface area contributed by atoms with Crippen molar-refractivity contribution in [2.45, 2.75) is 26.8 Å². The molecule has 3 rings (SSSR count). The molecule has 126 valence electrons. The van der Waals surface area contributed by atoms with Crippen LogP contribution >= 0.6 is 0 Å². The molecule has 0 saturated heterocycles. The van der Waals surface area contributed by atoms with Crippen molar-refractivity contribution >= 4 is 5.95 Å². The van der Waals surface area contributed by atoms with E-state index >= 15 is 0 Å². The number of methoxy groups -OCH3 is 1. The topological polar surface area (TPSA) is 80.6 Å². The van der Waals surface area contributed by atoms with E-state index in [1.807, 2.05) is 36.7 Å². The number of nitrogens with one attached hydrogen (secondary N) is 2. The lowest BCUT2D eigenvalue weighted by molar-refractivity contribution is 0.414. The first kappa shape index (κ1) is 16.0. The van der Waals surface area contributed by atoms with E-state index in [0.717, 1.165) is 35.9 Å². The van der Waals surface area contributed by atoms with Gasteiger partial charge in [-0.1, -0.05) is 12.1 Å². The lowest BCUT2D eigenvalue weighted by Crippen LogP contribution is -2.07. The molecule has 0 aliphatic carbocycles. The maximum Gasteiger partial charge on any atom is 0.242 e. The molecule has 3 aromatic rings. The van der Waals surface area contributed by atoms with Crippen molar-refractivity contribution in [1.29, 1.82) is 0 Å². The number of hydrogen-bond donors (Lipinski definition) is 2. The molecule has 0 aliphatic heterocycles. The van der Waals surface area contributed by atoms with Crippen molar-refractivity contribution in [1.82, 2.24) is 25.0 Å². The van der Waals surface area contributed by atoms with Gasteiger partial charge in [-0.05, 0) is 44.0 Å². The number of aryl methyl sites for hydroxylation is 2. The summed E-state index contributed by atoms with van der Waals surface area (Å²) in [6, 6.07) is 10.1. The minimum absolute atomic E-state index is 0.590. The first-order valence-electron chi connectivity index (χ1n) is 7.93. The van der Waals surface area contributed by atoms with Gasteiger partial charge in [-0.3, -0.25) is 9.78 Å². The van der Waals surface area contributed by atoms with Crippen LogP contribution in [0.5, 0.6) is 5.75 Å². The van der Waals surface area contributed by atoms with Gasteiger partial charge in [0.2, 0.25) is 5.95 Å². The van der Waals surface area contributed by atoms with Crippen LogP contribution in [0.2, 0.25) is 0 Å². The van der Waals surface area contributed by atoms with Crippen LogP contribution in [0.3, 0.4) is 0 Å². The number of ether oxygens (including phenoxy) is 1. The highest BCUT2D eigenvalue weighted by Gasteiger charge is 2.06. The van der Waals surface area contributed by atoms with E-state index in [-0.39, 0.29) is 0 Å². The molecule has 1 aromatic carbocycles. The molecule has 0 amide bonds. The highest BCUT2D eigenvalue weighted by molar-refractivity contribution is 5.29. The molecule has 0 saturated carbocycles. The van der Waals surface area contributed by atoms with Crippen LogP contribution in [-0.2, 0) is 13.0 Å². The molecule has 0 aliphatic rings. The fraction of sp³-hybridized carbons (Fsp3) is 0.353. The van der Waals surface area contributed by atoms with Crippen molar-refractivity contribution in [3.8, 4) is 5.75 Å². The molecule has 7 nitrogen and oxygen atoms in total. The number of benzene rings is 1. The third kappa shape index (κ3) is 3.92. The maximum absolute atomic E-state index is 5.16. The van der Waals surface area contributed by atoms with E-state index in [0.29, 0.717) is 12.5 Å². The third-order valence-electron chi connectivity index (χ3n) is 3.79. The maximum atomic E-state index is 5.16. The van der Waals surface area contributed by atoms with Gasteiger partial charge in [0.25, 0.3) is 0 Å². The average Bonchev–Trinajstić information content (AvgIpc) is 3.15. The summed E-state index contributed by atoms with van der Waals surface area (Å²) in [5, 5.41) is 14.8. The summed E-state index contributed by atoms with van der Waals surface area (Å²) in [5.41, 5.74) is 3.35. The van der Waals surface area contributed by atoms with Crippen molar-refractivity contribution in [2.24, 2.45) is 0 Å². The van der Waals surface area contributed by atoms with Gasteiger partial charge in [0.05, 0.1) is 12.8 Å². The number of H-pyrrole nitrogens is 1. The van der Waals surface area contributed by atoms with E-state index in [2.05, 4.69) is 37.7 Å². The van der Waals surface area contributed by atoms with Gasteiger partial charge in [-0.15, -0.1) is 5.10 Å². The van der Waals surface area contributed by atoms with Gasteiger partial charge in [0.1, 0.15) is 18.1 Å². The van der Waals surface area contributed by atoms with Crippen LogP contribution in [0.25, 0.3) is 0 Å². The molecule has 0 atom stereocenters. The van der Waals surface area contributed by atoms with Gasteiger partial charge in [0.15, 0.2) is 0 Å². The summed E-state index contributed by atoms with van der Waals surface area (Å²) in [6.07, 6.45) is 0.894. The second-order valence-corrected chi connectivity index (χ2v) is 5.72. The molecule has 2 N–H and O–H groups in total. The Hall–Kier alpha value is -2.83. The number of aromatic nitrogens is 5. The first-order valence-corrected chi connectivity index (χ1v) is 7.93. The van der Waals surface area contributed by atoms with Gasteiger partial charge in [-0.2, -0.15) is 10.1 Å². The second-order valence-electron chi connectivity index (χ2n) is 5.72. The summed E-state index contributed by atoms with van der Waals surface area (Å²) >= 11 is 0. The molecule has 0 unspecified atom stereocenters. The van der Waals surface area contributed by atoms with Gasteiger partial charge in [-0.25, -0.2) is 0 Å². The summed E-state index contributed by atoms with van der Waals surface area (Å²) in [4.78, 5) is 4.46. The molecule has 0 spiro atoms. The van der Waals surface area contributed by atoms with E-state index < -0.39 is 0 Å². The molecule has 2 heterocycles. The number of hydrogen-bond acceptors (Lipinski definition) is 5. The van der Waals surface area contributed by atoms with Crippen LogP contribution in [0, 0.1) is 13.8 Å². The minimum Gasteiger partial charge on any atom is -0.497 e. The van der Waals surface area contributed by atoms with Gasteiger partial charge in [0, 0.05) is 12.2 Å². The lowest BCUT2D eigenvalue weighted by Gasteiger charge is -2.04. The molecule has 7 heteroatoms. The highest BCUT2D eigenvalue weighted by Crippen LogP contribution is 2.12. The van der Waals surface area contributed by atoms with E-state index in [1.54, 1.807) is 7.11 Å². The number of aromatic amines is 1. The quantitative estimate of drug-likeness (QED) is 0.696. The van der Waals surface area contributed by atoms with Crippen LogP contribution in [0.1, 0.15) is 22.8 Å². The monoisotopic (exact) mass is 326 g/mol. The summed E-state index contributed by atoms with van der Waals surface area (Å²) in [6.45, 7) is 5.37. The van der Waals surface area contributed by atoms with Crippen LogP contribution < -0.4 is 10.1 Å². The first-order chi connectivity index (χ1) is 11.6. The molecule has 0 bridgehead atoms. The summed E-state index contributed by atoms with van der Waals surface area (Å²) in [5.74, 6) is 2.27. The van der Waals surface area contributed by atoms with Crippen molar-refractivity contribution < 1.29 is 4.74 Å². The zero-order valence-corrected chi connectivity index (χ0v) is 14.2. The Bertz CT molecular complexity index is 790. The average molecular weight is 326 g/mol. The van der Waals surface area contributed by atoms with E-state index in [1.165, 1.54) is 5.56 Å². The molecule has 0 fully saturated rings. The van der Waals surface area contributed by atoms with E-state index in [9.17, 15) is 0 Å². The Balaban J connectivity index is 1.51. The third-order valence-corrected chi connectivity index (χ3v) is 3.79. The van der Waals surface area contributed by atoms with Crippen LogP contribution in [-0.4, -0.2) is 38.6 Å². The van der Waals surface area contributed by atoms with Crippen molar-refractivity contribution in [3.05, 3.63) is 53.1 Å². The van der Waals surface area contributed by atoms with Crippen LogP contribution in [0.15, 0.2) is 30.3 Å². The van der Waals surface area contributed by atoms with Gasteiger partial charge >= 0.3 is 0 Å². The normalized spacial score (nSPS) is 10.8. The molecule has 24 heavy (non-hydrogen) atoms. The number of anilines is 1. The smallest absolute Gasteiger partial charge is 0.242 e. The summed E-state index contributed by atoms with van der Waals surface area (Å²) in [7, 11) is 1.67. The molecule has 0 radical (unpaired) electrons. The molecule has 2 aromatic heterocycles. The Morgan fingerprint density at radius 1 is 1.21 bits per heavy atom. The Labute approximate surface area is 141 Å². The zero-order valence-electron chi connectivity index (χ0n) is 14.2. The standard InChI is InChI=1S/C17H22N6O/c1-12-10-13(2)23(22-12)11-16-19-17(21-20-16)18-9-8-14-4-6-15(24-3)7-5-14/h4-7,10H,8-9,11H2,1-3H3,(H2,18,19,20,21). The lowest BCUT2D eigenvalue weighted by atomic mass is 10.1. The number of rotatable bonds is 7. The highest BCUT2D eigenvalue weighted by atomic mass is 16.5.